The van der Waals surface area contributed by atoms with E-state index >= 15 is 0 Å². The second kappa shape index (κ2) is 14.0. The molecule has 0 heterocycles. The molecule has 0 N–H and O–H groups in total. The van der Waals surface area contributed by atoms with Crippen LogP contribution in [0.2, 0.25) is 0 Å². The summed E-state index contributed by atoms with van der Waals surface area (Å²) in [4.78, 5) is 0. The Morgan fingerprint density at radius 3 is 1.93 bits per heavy atom. The Bertz CT molecular complexity index is 89.5. The molecule has 0 rings (SSSR count). The molecule has 1 radical (unpaired) electrons. The van der Waals surface area contributed by atoms with Crippen LogP contribution in [-0.2, 0) is 4.74 Å². The highest BCUT2D eigenvalue weighted by Gasteiger charge is 1.92. The molecule has 15 heavy (non-hydrogen) atoms. The molecule has 0 fully saturated rings. The number of hydrogen-bond donors (Lipinski definition) is 0. The minimum Gasteiger partial charge on any atom is -0.376 e. The summed E-state index contributed by atoms with van der Waals surface area (Å²) in [5.41, 5.74) is 0. The fourth-order valence-corrected chi connectivity index (χ4v) is 1.65. The van der Waals surface area contributed by atoms with E-state index in [9.17, 15) is 0 Å². The lowest BCUT2D eigenvalue weighted by Gasteiger charge is -2.02. The first kappa shape index (κ1) is 15.0. The Balaban J connectivity index is 2.81. The average Bonchev–Trinajstić information content (AvgIpc) is 2.26. The SMILES string of the molecule is CCCCCCCCCC[CH]OCCC. The number of ether oxygens (including phenoxy) is 1. The molecule has 1 nitrogen and oxygen atoms in total. The van der Waals surface area contributed by atoms with Crippen LogP contribution in [0.15, 0.2) is 0 Å². The Labute approximate surface area is 96.6 Å². The quantitative estimate of drug-likeness (QED) is 0.409. The smallest absolute Gasteiger partial charge is 0.0836 e. The molecule has 0 aromatic rings. The van der Waals surface area contributed by atoms with Crippen molar-refractivity contribution in [1.82, 2.24) is 0 Å². The van der Waals surface area contributed by atoms with Gasteiger partial charge in [0.1, 0.15) is 0 Å². The highest BCUT2D eigenvalue weighted by Crippen LogP contribution is 2.10. The fraction of sp³-hybridized carbons (Fsp3) is 0.929. The van der Waals surface area contributed by atoms with Gasteiger partial charge >= 0.3 is 0 Å². The van der Waals surface area contributed by atoms with Crippen molar-refractivity contribution < 1.29 is 4.74 Å². The van der Waals surface area contributed by atoms with Crippen molar-refractivity contribution >= 4 is 0 Å². The molecule has 0 aromatic heterocycles. The number of rotatable bonds is 12. The molecule has 0 atom stereocenters. The van der Waals surface area contributed by atoms with Crippen LogP contribution in [0.3, 0.4) is 0 Å². The standard InChI is InChI=1S/C14H29O/c1-3-5-6-7-8-9-10-11-12-14-15-13-4-2/h14H,3-13H2,1-2H3. The maximum atomic E-state index is 5.32. The summed E-state index contributed by atoms with van der Waals surface area (Å²) >= 11 is 0. The van der Waals surface area contributed by atoms with E-state index in [4.69, 9.17) is 4.74 Å². The largest absolute Gasteiger partial charge is 0.376 e. The topological polar surface area (TPSA) is 9.23 Å². The van der Waals surface area contributed by atoms with Crippen LogP contribution < -0.4 is 0 Å². The molecule has 0 bridgehead atoms. The average molecular weight is 213 g/mol. The van der Waals surface area contributed by atoms with Crippen molar-refractivity contribution in [2.75, 3.05) is 6.61 Å². The molecular weight excluding hydrogens is 184 g/mol. The van der Waals surface area contributed by atoms with Crippen molar-refractivity contribution in [3.63, 3.8) is 0 Å². The third-order valence-electron chi connectivity index (χ3n) is 2.62. The molecular formula is C14H29O. The lowest BCUT2D eigenvalue weighted by Crippen LogP contribution is -1.89. The Morgan fingerprint density at radius 2 is 1.33 bits per heavy atom. The van der Waals surface area contributed by atoms with Gasteiger partial charge in [-0.05, 0) is 12.8 Å². The van der Waals surface area contributed by atoms with E-state index in [1.807, 2.05) is 6.61 Å². The van der Waals surface area contributed by atoms with Crippen LogP contribution in [0.1, 0.15) is 78.1 Å². The molecule has 0 aliphatic carbocycles. The number of hydrogen-bond acceptors (Lipinski definition) is 1. The highest BCUT2D eigenvalue weighted by atomic mass is 16.5. The first-order valence-electron chi connectivity index (χ1n) is 6.85. The maximum Gasteiger partial charge on any atom is 0.0836 e. The Hall–Kier alpha value is -0.0400. The monoisotopic (exact) mass is 213 g/mol. The molecule has 0 aliphatic heterocycles. The zero-order chi connectivity index (χ0) is 11.2. The van der Waals surface area contributed by atoms with Gasteiger partial charge in [0.05, 0.1) is 6.61 Å². The second-order valence-corrected chi connectivity index (χ2v) is 4.30. The second-order valence-electron chi connectivity index (χ2n) is 4.30. The van der Waals surface area contributed by atoms with E-state index < -0.39 is 0 Å². The summed E-state index contributed by atoms with van der Waals surface area (Å²) in [6.07, 6.45) is 13.4. The van der Waals surface area contributed by atoms with Gasteiger partial charge in [0.25, 0.3) is 0 Å². The van der Waals surface area contributed by atoms with Crippen molar-refractivity contribution in [3.8, 4) is 0 Å². The van der Waals surface area contributed by atoms with Gasteiger partial charge in [0.2, 0.25) is 0 Å². The zero-order valence-electron chi connectivity index (χ0n) is 10.8. The van der Waals surface area contributed by atoms with Crippen LogP contribution >= 0.6 is 0 Å². The number of unbranched alkanes of at least 4 members (excludes halogenated alkanes) is 8. The van der Waals surface area contributed by atoms with Crippen molar-refractivity contribution in [3.05, 3.63) is 6.61 Å². The molecule has 0 saturated heterocycles. The Kier molecular flexibility index (Phi) is 13.9. The molecule has 0 unspecified atom stereocenters. The lowest BCUT2D eigenvalue weighted by molar-refractivity contribution is 0.190. The van der Waals surface area contributed by atoms with Crippen LogP contribution in [-0.4, -0.2) is 6.61 Å². The van der Waals surface area contributed by atoms with Gasteiger partial charge in [-0.1, -0.05) is 65.2 Å². The van der Waals surface area contributed by atoms with E-state index in [-0.39, 0.29) is 0 Å². The van der Waals surface area contributed by atoms with Crippen LogP contribution in [0, 0.1) is 6.61 Å². The molecule has 0 spiro atoms. The first-order chi connectivity index (χ1) is 7.41. The third kappa shape index (κ3) is 14.0. The van der Waals surface area contributed by atoms with Gasteiger partial charge in [0.15, 0.2) is 0 Å². The summed E-state index contributed by atoms with van der Waals surface area (Å²) < 4.78 is 5.32. The van der Waals surface area contributed by atoms with E-state index in [0.717, 1.165) is 19.4 Å². The van der Waals surface area contributed by atoms with Crippen LogP contribution in [0.5, 0.6) is 0 Å². The van der Waals surface area contributed by atoms with Gasteiger partial charge in [-0.2, -0.15) is 0 Å². The van der Waals surface area contributed by atoms with Gasteiger partial charge in [0, 0.05) is 6.61 Å². The van der Waals surface area contributed by atoms with Crippen molar-refractivity contribution in [2.24, 2.45) is 0 Å². The predicted molar refractivity (Wildman–Crippen MR) is 67.8 cm³/mol. The highest BCUT2D eigenvalue weighted by molar-refractivity contribution is 4.52. The molecule has 91 valence electrons. The lowest BCUT2D eigenvalue weighted by atomic mass is 10.1. The zero-order valence-corrected chi connectivity index (χ0v) is 10.8. The molecule has 0 amide bonds. The fourth-order valence-electron chi connectivity index (χ4n) is 1.65. The minimum absolute atomic E-state index is 0.886. The summed E-state index contributed by atoms with van der Waals surface area (Å²) in [5.74, 6) is 0. The maximum absolute atomic E-state index is 5.32. The van der Waals surface area contributed by atoms with E-state index in [0.29, 0.717) is 0 Å². The van der Waals surface area contributed by atoms with Crippen LogP contribution in [0.4, 0.5) is 0 Å². The van der Waals surface area contributed by atoms with Gasteiger partial charge in [-0.15, -0.1) is 0 Å². The van der Waals surface area contributed by atoms with Gasteiger partial charge < -0.3 is 4.74 Å². The van der Waals surface area contributed by atoms with E-state index in [1.165, 1.54) is 51.4 Å². The summed E-state index contributed by atoms with van der Waals surface area (Å²) in [7, 11) is 0. The molecule has 0 saturated carbocycles. The third-order valence-corrected chi connectivity index (χ3v) is 2.62. The molecule has 1 heteroatoms. The minimum atomic E-state index is 0.886. The summed E-state index contributed by atoms with van der Waals surface area (Å²) in [6.45, 7) is 7.29. The summed E-state index contributed by atoms with van der Waals surface area (Å²) in [5, 5.41) is 0. The predicted octanol–water partition coefficient (Wildman–Crippen LogP) is 5.11. The van der Waals surface area contributed by atoms with Crippen molar-refractivity contribution in [2.45, 2.75) is 78.1 Å². The first-order valence-corrected chi connectivity index (χ1v) is 6.85. The van der Waals surface area contributed by atoms with Gasteiger partial charge in [-0.3, -0.25) is 0 Å². The van der Waals surface area contributed by atoms with Crippen LogP contribution in [0.25, 0.3) is 0 Å². The van der Waals surface area contributed by atoms with Gasteiger partial charge in [-0.25, -0.2) is 0 Å². The molecule has 0 aromatic carbocycles. The Morgan fingerprint density at radius 1 is 0.733 bits per heavy atom. The summed E-state index contributed by atoms with van der Waals surface area (Å²) in [6, 6.07) is 0. The van der Waals surface area contributed by atoms with E-state index in [1.54, 1.807) is 0 Å². The van der Waals surface area contributed by atoms with E-state index in [2.05, 4.69) is 13.8 Å². The molecule has 0 aliphatic rings. The normalized spacial score (nSPS) is 10.8. The van der Waals surface area contributed by atoms with Crippen molar-refractivity contribution in [1.29, 1.82) is 0 Å².